The fourth-order valence-electron chi connectivity index (χ4n) is 3.67. The minimum atomic E-state index is -1.34. The molecule has 0 bridgehead atoms. The quantitative estimate of drug-likeness (QED) is 0.695. The van der Waals surface area contributed by atoms with Crippen molar-refractivity contribution >= 4 is 28.5 Å². The highest BCUT2D eigenvalue weighted by Gasteiger charge is 2.33. The Morgan fingerprint density at radius 3 is 2.71 bits per heavy atom. The number of rotatable bonds is 5. The number of aromatic carboxylic acids is 1. The minimum Gasteiger partial charge on any atom is -0.477 e. The third kappa shape index (κ3) is 4.12. The van der Waals surface area contributed by atoms with Crippen molar-refractivity contribution in [3.05, 3.63) is 33.9 Å². The monoisotopic (exact) mass is 431 g/mol. The van der Waals surface area contributed by atoms with E-state index in [4.69, 9.17) is 10.6 Å². The van der Waals surface area contributed by atoms with Crippen LogP contribution >= 0.6 is 0 Å². The highest BCUT2D eigenvalue weighted by Crippen LogP contribution is 2.37. The molecule has 1 saturated carbocycles. The van der Waals surface area contributed by atoms with Crippen LogP contribution in [0.2, 0.25) is 0 Å². The maximum Gasteiger partial charge on any atom is 0.341 e. The van der Waals surface area contributed by atoms with Crippen molar-refractivity contribution < 1.29 is 19.1 Å². The highest BCUT2D eigenvalue weighted by atomic mass is 19.1. The molecule has 0 radical (unpaired) electrons. The third-order valence-corrected chi connectivity index (χ3v) is 5.40. The number of carbonyl (C=O) groups is 1. The molecular weight excluding hydrogens is 405 g/mol. The van der Waals surface area contributed by atoms with Gasteiger partial charge in [-0.25, -0.2) is 14.2 Å². The zero-order valence-corrected chi connectivity index (χ0v) is 17.8. The van der Waals surface area contributed by atoms with Crippen LogP contribution in [0.4, 0.5) is 10.2 Å². The summed E-state index contributed by atoms with van der Waals surface area (Å²) in [7, 11) is 0. The van der Waals surface area contributed by atoms with E-state index in [-0.39, 0.29) is 34.4 Å². The van der Waals surface area contributed by atoms with Crippen molar-refractivity contribution in [2.24, 2.45) is 16.8 Å². The van der Waals surface area contributed by atoms with E-state index in [1.165, 1.54) is 6.20 Å². The first-order chi connectivity index (χ1) is 14.6. The van der Waals surface area contributed by atoms with Gasteiger partial charge in [0.2, 0.25) is 5.43 Å². The lowest BCUT2D eigenvalue weighted by Crippen LogP contribution is -2.26. The average molecular weight is 431 g/mol. The number of hydrogen-bond donors (Lipinski definition) is 2. The molecule has 0 amide bonds. The summed E-state index contributed by atoms with van der Waals surface area (Å²) in [5.74, 6) is -2.05. The second kappa shape index (κ2) is 7.60. The van der Waals surface area contributed by atoms with Crippen molar-refractivity contribution in [2.75, 3.05) is 24.5 Å². The summed E-state index contributed by atoms with van der Waals surface area (Å²) in [6, 6.07) is 1.14. The molecule has 2 aromatic rings. The number of nitrogens with two attached hydrogens (primary N) is 1. The van der Waals surface area contributed by atoms with E-state index in [0.717, 1.165) is 18.9 Å². The first kappa shape index (κ1) is 21.2. The van der Waals surface area contributed by atoms with E-state index in [9.17, 15) is 14.7 Å². The highest BCUT2D eigenvalue weighted by molar-refractivity contribution is 5.95. The third-order valence-electron chi connectivity index (χ3n) is 5.40. The number of pyridine rings is 2. The standard InChI is InChI=1S/C21H26FN5O4/c1-21(2,3)31-25-16-10-26(8-11(16)7-23)19-15(22)6-13-17(28)14(20(29)30)9-27(12-4-5-12)18(13)24-19/h6,9,11-12H,4-5,7-8,10,23H2,1-3H3,(H,29,30)/b25-16+. The predicted octanol–water partition coefficient (Wildman–Crippen LogP) is 2.13. The van der Waals surface area contributed by atoms with Crippen LogP contribution < -0.4 is 16.1 Å². The van der Waals surface area contributed by atoms with Gasteiger partial charge in [-0.1, -0.05) is 5.16 Å². The number of aromatic nitrogens is 2. The van der Waals surface area contributed by atoms with E-state index in [1.807, 2.05) is 20.8 Å². The van der Waals surface area contributed by atoms with E-state index >= 15 is 4.39 Å². The van der Waals surface area contributed by atoms with Gasteiger partial charge in [0.25, 0.3) is 0 Å². The van der Waals surface area contributed by atoms with Crippen LogP contribution in [-0.2, 0) is 4.84 Å². The Kier molecular flexibility index (Phi) is 5.20. The van der Waals surface area contributed by atoms with Gasteiger partial charge in [0.15, 0.2) is 11.6 Å². The maximum absolute atomic E-state index is 15.1. The van der Waals surface area contributed by atoms with Crippen LogP contribution in [-0.4, -0.2) is 51.6 Å². The van der Waals surface area contributed by atoms with E-state index in [0.29, 0.717) is 25.3 Å². The van der Waals surface area contributed by atoms with Gasteiger partial charge in [0, 0.05) is 31.2 Å². The summed E-state index contributed by atoms with van der Waals surface area (Å²) in [5.41, 5.74) is 5.30. The average Bonchev–Trinajstić information content (AvgIpc) is 3.45. The molecule has 0 spiro atoms. The Balaban J connectivity index is 1.78. The van der Waals surface area contributed by atoms with Crippen LogP contribution in [0, 0.1) is 11.7 Å². The van der Waals surface area contributed by atoms with Crippen molar-refractivity contribution in [1.29, 1.82) is 0 Å². The molecule has 2 aliphatic rings. The number of halogens is 1. The number of nitrogens with zero attached hydrogens (tertiary/aromatic N) is 4. The second-order valence-electron chi connectivity index (χ2n) is 9.08. The first-order valence-electron chi connectivity index (χ1n) is 10.3. The summed E-state index contributed by atoms with van der Waals surface area (Å²) in [6.45, 7) is 6.69. The predicted molar refractivity (Wildman–Crippen MR) is 114 cm³/mol. The maximum atomic E-state index is 15.1. The molecule has 1 aliphatic carbocycles. The molecular formula is C21H26FN5O4. The van der Waals surface area contributed by atoms with Crippen molar-refractivity contribution in [3.63, 3.8) is 0 Å². The molecule has 1 atom stereocenters. The molecule has 1 saturated heterocycles. The van der Waals surface area contributed by atoms with Gasteiger partial charge in [0.05, 0.1) is 17.6 Å². The number of anilines is 1. The molecule has 0 aromatic carbocycles. The lowest BCUT2D eigenvalue weighted by atomic mass is 10.1. The Morgan fingerprint density at radius 1 is 1.42 bits per heavy atom. The lowest BCUT2D eigenvalue weighted by molar-refractivity contribution is 0.000172. The Hall–Kier alpha value is -3.01. The molecule has 3 heterocycles. The second-order valence-corrected chi connectivity index (χ2v) is 9.08. The molecule has 2 aromatic heterocycles. The van der Waals surface area contributed by atoms with Gasteiger partial charge in [-0.15, -0.1) is 0 Å². The van der Waals surface area contributed by atoms with Crippen molar-refractivity contribution in [1.82, 2.24) is 9.55 Å². The van der Waals surface area contributed by atoms with Crippen LogP contribution in [0.15, 0.2) is 22.2 Å². The summed E-state index contributed by atoms with van der Waals surface area (Å²) < 4.78 is 16.7. The molecule has 10 heteroatoms. The fourth-order valence-corrected chi connectivity index (χ4v) is 3.67. The zero-order chi connectivity index (χ0) is 22.5. The topological polar surface area (TPSA) is 123 Å². The molecule has 3 N–H and O–H groups in total. The van der Waals surface area contributed by atoms with Gasteiger partial charge < -0.3 is 25.1 Å². The first-order valence-corrected chi connectivity index (χ1v) is 10.3. The Bertz CT molecular complexity index is 1130. The molecule has 9 nitrogen and oxygen atoms in total. The van der Waals surface area contributed by atoms with Crippen LogP contribution in [0.25, 0.3) is 11.0 Å². The van der Waals surface area contributed by atoms with Crippen LogP contribution in [0.1, 0.15) is 50.0 Å². The van der Waals surface area contributed by atoms with E-state index in [1.54, 1.807) is 9.47 Å². The minimum absolute atomic E-state index is 0.0346. The van der Waals surface area contributed by atoms with Crippen molar-refractivity contribution in [2.45, 2.75) is 45.3 Å². The van der Waals surface area contributed by atoms with Gasteiger partial charge >= 0.3 is 5.97 Å². The fraction of sp³-hybridized carbons (Fsp3) is 0.524. The van der Waals surface area contributed by atoms with Crippen LogP contribution in [0.3, 0.4) is 0 Å². The van der Waals surface area contributed by atoms with Gasteiger partial charge in [-0.05, 0) is 39.7 Å². The summed E-state index contributed by atoms with van der Waals surface area (Å²) in [6.07, 6.45) is 3.02. The molecule has 166 valence electrons. The SMILES string of the molecule is CC(C)(C)O/N=C1\CN(c2nc3c(cc2F)c(=O)c(C(=O)O)cn3C2CC2)CC1CN. The van der Waals surface area contributed by atoms with E-state index in [2.05, 4.69) is 10.1 Å². The Morgan fingerprint density at radius 2 is 2.13 bits per heavy atom. The molecule has 1 aliphatic heterocycles. The summed E-state index contributed by atoms with van der Waals surface area (Å²) in [5, 5.41) is 13.6. The normalized spacial score (nSPS) is 20.6. The number of oxime groups is 1. The van der Waals surface area contributed by atoms with Crippen LogP contribution in [0.5, 0.6) is 0 Å². The molecule has 4 rings (SSSR count). The largest absolute Gasteiger partial charge is 0.477 e. The van der Waals surface area contributed by atoms with Crippen molar-refractivity contribution in [3.8, 4) is 0 Å². The summed E-state index contributed by atoms with van der Waals surface area (Å²) in [4.78, 5) is 35.8. The lowest BCUT2D eigenvalue weighted by Gasteiger charge is -2.19. The van der Waals surface area contributed by atoms with Gasteiger partial charge in [-0.3, -0.25) is 4.79 Å². The molecule has 31 heavy (non-hydrogen) atoms. The molecule has 2 fully saturated rings. The van der Waals surface area contributed by atoms with Gasteiger partial charge in [0.1, 0.15) is 16.8 Å². The summed E-state index contributed by atoms with van der Waals surface area (Å²) >= 11 is 0. The number of carboxylic acid groups (broad SMARTS) is 1. The molecule has 1 unspecified atom stereocenters. The zero-order valence-electron chi connectivity index (χ0n) is 17.8. The number of fused-ring (bicyclic) bond motifs is 1. The number of hydrogen-bond acceptors (Lipinski definition) is 7. The Labute approximate surface area is 178 Å². The van der Waals surface area contributed by atoms with E-state index < -0.39 is 22.8 Å². The smallest absolute Gasteiger partial charge is 0.341 e. The number of carboxylic acids is 1. The van der Waals surface area contributed by atoms with Gasteiger partial charge in [-0.2, -0.15) is 0 Å².